The average Bonchev–Trinajstić information content (AvgIpc) is 2.58. The highest BCUT2D eigenvalue weighted by molar-refractivity contribution is 6.99. The third-order valence-corrected chi connectivity index (χ3v) is 10.3. The highest BCUT2D eigenvalue weighted by Gasteiger charge is 2.52. The molecule has 1 aliphatic rings. The van der Waals surface area contributed by atoms with Crippen LogP contribution in [0, 0.1) is 5.92 Å². The van der Waals surface area contributed by atoms with E-state index >= 15 is 0 Å². The van der Waals surface area contributed by atoms with E-state index in [1.165, 1.54) is 10.4 Å². The van der Waals surface area contributed by atoms with Crippen molar-refractivity contribution in [1.29, 1.82) is 0 Å². The summed E-state index contributed by atoms with van der Waals surface area (Å²) in [7, 11) is -2.57. The number of hydrogen-bond donors (Lipinski definition) is 1. The fourth-order valence-electron chi connectivity index (χ4n) is 3.73. The standard InChI is InChI=1S/C21H27NO2Si/c1-16(19-15-22-20(19)23)24-25(21(2,3)4,17-11-7-5-8-12-17)18-13-9-6-10-14-18/h5-14,16,19H,15H2,1-4H3,(H,22,23). The van der Waals surface area contributed by atoms with E-state index in [0.717, 1.165) is 0 Å². The Kier molecular flexibility index (Phi) is 4.85. The van der Waals surface area contributed by atoms with Crippen molar-refractivity contribution in [2.75, 3.05) is 6.54 Å². The zero-order valence-electron chi connectivity index (χ0n) is 15.5. The van der Waals surface area contributed by atoms with E-state index in [1.807, 2.05) is 19.1 Å². The molecule has 1 heterocycles. The quantitative estimate of drug-likeness (QED) is 0.663. The molecule has 1 amide bonds. The van der Waals surface area contributed by atoms with E-state index in [2.05, 4.69) is 74.6 Å². The third-order valence-electron chi connectivity index (χ3n) is 5.18. The summed E-state index contributed by atoms with van der Waals surface area (Å²) in [6, 6.07) is 21.1. The lowest BCUT2D eigenvalue weighted by Crippen LogP contribution is -2.69. The van der Waals surface area contributed by atoms with Gasteiger partial charge in [-0.2, -0.15) is 0 Å². The second-order valence-corrected chi connectivity index (χ2v) is 12.1. The van der Waals surface area contributed by atoms with Crippen LogP contribution in [0.5, 0.6) is 0 Å². The van der Waals surface area contributed by atoms with E-state index in [0.29, 0.717) is 6.54 Å². The Balaban J connectivity index is 2.13. The van der Waals surface area contributed by atoms with Crippen molar-refractivity contribution in [3.05, 3.63) is 60.7 Å². The third kappa shape index (κ3) is 3.16. The minimum Gasteiger partial charge on any atom is -0.404 e. The summed E-state index contributed by atoms with van der Waals surface area (Å²) in [6.45, 7) is 9.52. The summed E-state index contributed by atoms with van der Waals surface area (Å²) in [4.78, 5) is 11.9. The maximum absolute atomic E-state index is 11.9. The van der Waals surface area contributed by atoms with E-state index in [4.69, 9.17) is 4.43 Å². The number of carbonyl (C=O) groups excluding carboxylic acids is 1. The first-order valence-electron chi connectivity index (χ1n) is 8.93. The van der Waals surface area contributed by atoms with Gasteiger partial charge < -0.3 is 9.74 Å². The van der Waals surface area contributed by atoms with Crippen molar-refractivity contribution in [1.82, 2.24) is 5.32 Å². The topological polar surface area (TPSA) is 38.3 Å². The van der Waals surface area contributed by atoms with Crippen molar-refractivity contribution in [2.45, 2.75) is 38.8 Å². The maximum atomic E-state index is 11.9. The van der Waals surface area contributed by atoms with Crippen LogP contribution in [0.25, 0.3) is 0 Å². The molecule has 1 fully saturated rings. The summed E-state index contributed by atoms with van der Waals surface area (Å²) in [5.41, 5.74) is 0. The first kappa shape index (κ1) is 17.9. The lowest BCUT2D eigenvalue weighted by molar-refractivity contribution is -0.134. The molecule has 0 saturated carbocycles. The summed E-state index contributed by atoms with van der Waals surface area (Å²) in [5, 5.41) is 5.28. The number of nitrogens with one attached hydrogen (secondary N) is 1. The summed E-state index contributed by atoms with van der Waals surface area (Å²) in [5.74, 6) is 0.0482. The lowest BCUT2D eigenvalue weighted by Gasteiger charge is -2.46. The molecule has 0 radical (unpaired) electrons. The van der Waals surface area contributed by atoms with Gasteiger partial charge in [0.2, 0.25) is 5.91 Å². The van der Waals surface area contributed by atoms with Gasteiger partial charge in [-0.3, -0.25) is 4.79 Å². The molecule has 132 valence electrons. The molecule has 3 nitrogen and oxygen atoms in total. The van der Waals surface area contributed by atoms with Gasteiger partial charge in [0.1, 0.15) is 0 Å². The molecule has 2 unspecified atom stereocenters. The van der Waals surface area contributed by atoms with Gasteiger partial charge in [0.25, 0.3) is 8.32 Å². The van der Waals surface area contributed by atoms with Gasteiger partial charge in [-0.15, -0.1) is 0 Å². The maximum Gasteiger partial charge on any atom is 0.261 e. The Labute approximate surface area is 151 Å². The number of β-lactam (4-membered cyclic amide) rings is 1. The van der Waals surface area contributed by atoms with Crippen LogP contribution in [0.3, 0.4) is 0 Å². The van der Waals surface area contributed by atoms with Crippen molar-refractivity contribution >= 4 is 24.6 Å². The van der Waals surface area contributed by atoms with Crippen molar-refractivity contribution in [2.24, 2.45) is 5.92 Å². The van der Waals surface area contributed by atoms with Crippen LogP contribution in [0.2, 0.25) is 5.04 Å². The van der Waals surface area contributed by atoms with Crippen molar-refractivity contribution in [3.63, 3.8) is 0 Å². The lowest BCUT2D eigenvalue weighted by atomic mass is 9.97. The molecular weight excluding hydrogens is 326 g/mol. The van der Waals surface area contributed by atoms with Gasteiger partial charge in [-0.25, -0.2) is 0 Å². The molecule has 2 atom stereocenters. The molecule has 0 spiro atoms. The van der Waals surface area contributed by atoms with Crippen LogP contribution in [0.1, 0.15) is 27.7 Å². The fourth-order valence-corrected chi connectivity index (χ4v) is 8.47. The molecule has 1 N–H and O–H groups in total. The Bertz CT molecular complexity index is 685. The normalized spacial score (nSPS) is 19.0. The van der Waals surface area contributed by atoms with Gasteiger partial charge >= 0.3 is 0 Å². The summed E-state index contributed by atoms with van der Waals surface area (Å²) < 4.78 is 6.93. The van der Waals surface area contributed by atoms with Crippen LogP contribution in [0.4, 0.5) is 0 Å². The van der Waals surface area contributed by atoms with Crippen LogP contribution in [0.15, 0.2) is 60.7 Å². The Hall–Kier alpha value is -1.91. The predicted octanol–water partition coefficient (Wildman–Crippen LogP) is 2.70. The minimum absolute atomic E-state index is 0.0540. The molecule has 2 aromatic rings. The smallest absolute Gasteiger partial charge is 0.261 e. The van der Waals surface area contributed by atoms with E-state index in [-0.39, 0.29) is 23.0 Å². The van der Waals surface area contributed by atoms with Crippen LogP contribution < -0.4 is 15.7 Å². The molecule has 25 heavy (non-hydrogen) atoms. The number of rotatable bonds is 5. The van der Waals surface area contributed by atoms with Crippen LogP contribution in [-0.2, 0) is 9.22 Å². The second kappa shape index (κ2) is 6.77. The minimum atomic E-state index is -2.57. The number of benzene rings is 2. The number of hydrogen-bond acceptors (Lipinski definition) is 2. The number of carbonyl (C=O) groups is 1. The van der Waals surface area contributed by atoms with Gasteiger partial charge in [-0.05, 0) is 22.3 Å². The second-order valence-electron chi connectivity index (χ2n) is 7.84. The van der Waals surface area contributed by atoms with E-state index in [9.17, 15) is 4.79 Å². The Morgan fingerprint density at radius 3 is 1.80 bits per heavy atom. The molecule has 0 aromatic heterocycles. The first-order valence-corrected chi connectivity index (χ1v) is 10.8. The number of amides is 1. The zero-order valence-corrected chi connectivity index (χ0v) is 16.5. The largest absolute Gasteiger partial charge is 0.404 e. The fraction of sp³-hybridized carbons (Fsp3) is 0.381. The van der Waals surface area contributed by atoms with Crippen LogP contribution >= 0.6 is 0 Å². The molecule has 1 aliphatic heterocycles. The van der Waals surface area contributed by atoms with E-state index < -0.39 is 8.32 Å². The molecular formula is C21H27NO2Si. The zero-order chi connectivity index (χ0) is 18.1. The highest BCUT2D eigenvalue weighted by atomic mass is 28.4. The molecule has 0 bridgehead atoms. The molecule has 1 saturated heterocycles. The summed E-state index contributed by atoms with van der Waals surface area (Å²) >= 11 is 0. The molecule has 3 rings (SSSR count). The Morgan fingerprint density at radius 2 is 1.48 bits per heavy atom. The highest BCUT2D eigenvalue weighted by Crippen LogP contribution is 2.38. The molecule has 0 aliphatic carbocycles. The van der Waals surface area contributed by atoms with Gasteiger partial charge in [0.05, 0.1) is 12.0 Å². The van der Waals surface area contributed by atoms with Gasteiger partial charge in [0, 0.05) is 6.54 Å². The molecule has 2 aromatic carbocycles. The monoisotopic (exact) mass is 353 g/mol. The van der Waals surface area contributed by atoms with Gasteiger partial charge in [0.15, 0.2) is 0 Å². The Morgan fingerprint density at radius 1 is 1.00 bits per heavy atom. The molecule has 4 heteroatoms. The van der Waals surface area contributed by atoms with Crippen molar-refractivity contribution in [3.8, 4) is 0 Å². The predicted molar refractivity (Wildman–Crippen MR) is 105 cm³/mol. The average molecular weight is 354 g/mol. The van der Waals surface area contributed by atoms with Gasteiger partial charge in [-0.1, -0.05) is 81.4 Å². The van der Waals surface area contributed by atoms with Crippen LogP contribution in [-0.4, -0.2) is 26.9 Å². The summed E-state index contributed by atoms with van der Waals surface area (Å²) in [6.07, 6.45) is -0.111. The SMILES string of the molecule is CC(O[Si](c1ccccc1)(c1ccccc1)C(C)(C)C)C1CNC1=O. The van der Waals surface area contributed by atoms with E-state index in [1.54, 1.807) is 0 Å². The van der Waals surface area contributed by atoms with Crippen molar-refractivity contribution < 1.29 is 9.22 Å². The first-order chi connectivity index (χ1) is 11.9.